The predicted molar refractivity (Wildman–Crippen MR) is 216 cm³/mol. The van der Waals surface area contributed by atoms with Crippen molar-refractivity contribution in [2.24, 2.45) is 0 Å². The molecule has 1 heterocycles. The second-order valence-corrected chi connectivity index (χ2v) is 18.2. The first-order valence-corrected chi connectivity index (χ1v) is 22.0. The summed E-state index contributed by atoms with van der Waals surface area (Å²) >= 11 is 0. The number of hydrogen-bond acceptors (Lipinski definition) is 12. The van der Waals surface area contributed by atoms with Crippen molar-refractivity contribution in [2.75, 3.05) is 43.6 Å². The molecular formula is C40H40N4O11S3. The normalized spacial score (nSPS) is 13.2. The molecule has 0 fully saturated rings. The molecule has 0 aromatic heterocycles. The molecule has 15 nitrogen and oxygen atoms in total. The van der Waals surface area contributed by atoms with Gasteiger partial charge in [-0.25, -0.2) is 34.7 Å². The minimum atomic E-state index is -4.61. The SMILES string of the molecule is COc1cccc(C(C(=O)NS(=O)(=O)c2ccc(C)cc2OC)N2CCc3c2cccc3N(CC(=O)NS(=O)(=O)c2ccccc2)S(=O)(=O)c2cccc(OC)c2)c1. The highest BCUT2D eigenvalue weighted by Gasteiger charge is 2.39. The number of hydrogen-bond donors (Lipinski definition) is 2. The van der Waals surface area contributed by atoms with Crippen molar-refractivity contribution in [3.63, 3.8) is 0 Å². The average molecular weight is 849 g/mol. The van der Waals surface area contributed by atoms with Crippen LogP contribution in [0.4, 0.5) is 11.4 Å². The molecule has 2 N–H and O–H groups in total. The van der Waals surface area contributed by atoms with E-state index in [2.05, 4.69) is 4.72 Å². The van der Waals surface area contributed by atoms with Gasteiger partial charge >= 0.3 is 0 Å². The highest BCUT2D eigenvalue weighted by atomic mass is 32.2. The number of sulfonamides is 3. The number of benzene rings is 5. The number of anilines is 2. The summed E-state index contributed by atoms with van der Waals surface area (Å²) in [6, 6.07) is 27.0. The van der Waals surface area contributed by atoms with Crippen LogP contribution in [0.3, 0.4) is 0 Å². The Balaban J connectivity index is 1.44. The zero-order valence-corrected chi connectivity index (χ0v) is 34.2. The number of rotatable bonds is 15. The largest absolute Gasteiger partial charge is 0.497 e. The molecule has 1 aliphatic rings. The molecule has 5 aromatic rings. The van der Waals surface area contributed by atoms with Gasteiger partial charge in [-0.3, -0.25) is 13.9 Å². The first-order valence-electron chi connectivity index (χ1n) is 17.6. The summed E-state index contributed by atoms with van der Waals surface area (Å²) in [6.45, 7) is 0.896. The summed E-state index contributed by atoms with van der Waals surface area (Å²) in [4.78, 5) is 28.9. The third-order valence-electron chi connectivity index (χ3n) is 9.34. The molecule has 0 saturated heterocycles. The molecule has 1 atom stereocenters. The number of fused-ring (bicyclic) bond motifs is 1. The number of amides is 2. The number of aryl methyl sites for hydroxylation is 1. The van der Waals surface area contributed by atoms with Crippen LogP contribution in [0.5, 0.6) is 17.2 Å². The molecule has 0 bridgehead atoms. The number of methoxy groups -OCH3 is 3. The van der Waals surface area contributed by atoms with E-state index in [1.807, 2.05) is 4.72 Å². The number of nitrogens with one attached hydrogen (secondary N) is 2. The summed E-state index contributed by atoms with van der Waals surface area (Å²) in [7, 11) is -9.37. The molecular weight excluding hydrogens is 809 g/mol. The van der Waals surface area contributed by atoms with Crippen molar-refractivity contribution >= 4 is 53.3 Å². The van der Waals surface area contributed by atoms with Crippen LogP contribution >= 0.6 is 0 Å². The fourth-order valence-corrected chi connectivity index (χ4v) is 10.3. The second-order valence-electron chi connectivity index (χ2n) is 13.1. The quantitative estimate of drug-likeness (QED) is 0.152. The van der Waals surface area contributed by atoms with Crippen molar-refractivity contribution < 1.29 is 49.1 Å². The summed E-state index contributed by atoms with van der Waals surface area (Å²) < 4.78 is 104. The Hall–Kier alpha value is -6.11. The van der Waals surface area contributed by atoms with Gasteiger partial charge in [0.25, 0.3) is 41.9 Å². The maximum Gasteiger partial charge on any atom is 0.267 e. The number of carbonyl (C=O) groups excluding carboxylic acids is 2. The second kappa shape index (κ2) is 16.8. The monoisotopic (exact) mass is 848 g/mol. The van der Waals surface area contributed by atoms with E-state index in [-0.39, 0.29) is 44.8 Å². The fraction of sp³-hybridized carbons (Fsp3) is 0.200. The van der Waals surface area contributed by atoms with Crippen molar-refractivity contribution in [1.29, 1.82) is 0 Å². The van der Waals surface area contributed by atoms with Gasteiger partial charge in [-0.15, -0.1) is 0 Å². The molecule has 1 aliphatic heterocycles. The van der Waals surface area contributed by atoms with Crippen LogP contribution in [0.1, 0.15) is 22.7 Å². The van der Waals surface area contributed by atoms with Crippen molar-refractivity contribution in [2.45, 2.75) is 34.1 Å². The maximum atomic E-state index is 14.5. The molecule has 5 aromatic carbocycles. The van der Waals surface area contributed by atoms with Gasteiger partial charge in [-0.05, 0) is 85.1 Å². The van der Waals surface area contributed by atoms with Gasteiger partial charge in [0.05, 0.1) is 36.8 Å². The summed E-state index contributed by atoms with van der Waals surface area (Å²) in [5.41, 5.74) is 1.86. The lowest BCUT2D eigenvalue weighted by atomic mass is 10.0. The van der Waals surface area contributed by atoms with Crippen molar-refractivity contribution in [3.05, 3.63) is 132 Å². The summed E-state index contributed by atoms with van der Waals surface area (Å²) in [5.74, 6) is -1.44. The lowest BCUT2D eigenvalue weighted by molar-refractivity contribution is -0.121. The lowest BCUT2D eigenvalue weighted by Crippen LogP contribution is -2.43. The van der Waals surface area contributed by atoms with Gasteiger partial charge in [0.1, 0.15) is 34.7 Å². The topological polar surface area (TPSA) is 195 Å². The molecule has 2 amide bonds. The Labute approximate surface area is 337 Å². The Morgan fingerprint density at radius 3 is 2.05 bits per heavy atom. The molecule has 0 saturated carbocycles. The van der Waals surface area contributed by atoms with E-state index in [9.17, 15) is 34.8 Å². The van der Waals surface area contributed by atoms with Crippen LogP contribution in [-0.2, 0) is 46.1 Å². The van der Waals surface area contributed by atoms with Crippen molar-refractivity contribution in [1.82, 2.24) is 9.44 Å². The highest BCUT2D eigenvalue weighted by molar-refractivity contribution is 7.93. The predicted octanol–water partition coefficient (Wildman–Crippen LogP) is 4.33. The first-order chi connectivity index (χ1) is 27.6. The van der Waals surface area contributed by atoms with E-state index >= 15 is 0 Å². The number of ether oxygens (including phenoxy) is 3. The Morgan fingerprint density at radius 2 is 1.36 bits per heavy atom. The zero-order chi connectivity index (χ0) is 41.8. The highest BCUT2D eigenvalue weighted by Crippen LogP contribution is 2.42. The summed E-state index contributed by atoms with van der Waals surface area (Å²) in [6.07, 6.45) is 0.131. The third-order valence-corrected chi connectivity index (χ3v) is 13.9. The molecule has 0 aliphatic carbocycles. The Morgan fingerprint density at radius 1 is 0.707 bits per heavy atom. The van der Waals surface area contributed by atoms with Gasteiger partial charge in [0.2, 0.25) is 0 Å². The smallest absolute Gasteiger partial charge is 0.267 e. The summed E-state index contributed by atoms with van der Waals surface area (Å²) in [5, 5.41) is 0. The van der Waals surface area contributed by atoms with Crippen LogP contribution in [0.25, 0.3) is 0 Å². The van der Waals surface area contributed by atoms with Gasteiger partial charge in [-0.2, -0.15) is 0 Å². The van der Waals surface area contributed by atoms with Crippen molar-refractivity contribution in [3.8, 4) is 17.2 Å². The lowest BCUT2D eigenvalue weighted by Gasteiger charge is -2.31. The van der Waals surface area contributed by atoms with E-state index in [1.54, 1.807) is 60.4 Å². The fourth-order valence-electron chi connectivity index (χ4n) is 6.63. The van der Waals surface area contributed by atoms with Gasteiger partial charge in [0.15, 0.2) is 0 Å². The molecule has 6 rings (SSSR count). The molecule has 304 valence electrons. The van der Waals surface area contributed by atoms with Crippen LogP contribution in [0, 0.1) is 6.92 Å². The standard InChI is InChI=1S/C40H40N4O11S3/c1-27-19-20-37(36(23-27)55-4)57(49,50)42-40(46)39(28-11-8-12-29(24-28)53-2)43-22-21-33-34(43)17-10-18-35(33)44(58(51,52)32-16-9-13-30(25-32)54-3)26-38(45)41-56(47,48)31-14-6-5-7-15-31/h5-20,23-25,39H,21-22,26H2,1-4H3,(H,41,45)(H,42,46). The molecule has 58 heavy (non-hydrogen) atoms. The van der Waals surface area contributed by atoms with Crippen LogP contribution in [0.2, 0.25) is 0 Å². The van der Waals surface area contributed by atoms with E-state index < -0.39 is 54.5 Å². The van der Waals surface area contributed by atoms with Gasteiger partial charge in [0, 0.05) is 23.9 Å². The van der Waals surface area contributed by atoms with Crippen LogP contribution in [0.15, 0.2) is 130 Å². The van der Waals surface area contributed by atoms with Gasteiger partial charge < -0.3 is 19.1 Å². The van der Waals surface area contributed by atoms with Gasteiger partial charge in [-0.1, -0.05) is 48.5 Å². The third kappa shape index (κ3) is 8.58. The molecule has 0 radical (unpaired) electrons. The average Bonchev–Trinajstić information content (AvgIpc) is 3.63. The van der Waals surface area contributed by atoms with E-state index in [4.69, 9.17) is 14.2 Å². The minimum absolute atomic E-state index is 0.0249. The van der Waals surface area contributed by atoms with E-state index in [0.717, 1.165) is 9.87 Å². The Bertz CT molecular complexity index is 2690. The molecule has 0 spiro atoms. The zero-order valence-electron chi connectivity index (χ0n) is 31.8. The van der Waals surface area contributed by atoms with E-state index in [1.165, 1.54) is 88.1 Å². The van der Waals surface area contributed by atoms with E-state index in [0.29, 0.717) is 22.6 Å². The minimum Gasteiger partial charge on any atom is -0.497 e. The number of nitrogens with zero attached hydrogens (tertiary/aromatic N) is 2. The molecule has 18 heteroatoms. The Kier molecular flexibility index (Phi) is 12.0. The van der Waals surface area contributed by atoms with Crippen LogP contribution < -0.4 is 32.9 Å². The van der Waals surface area contributed by atoms with Crippen LogP contribution in [-0.4, -0.2) is 71.5 Å². The maximum absolute atomic E-state index is 14.5. The molecule has 1 unspecified atom stereocenters. The number of carbonyl (C=O) groups is 2. The first kappa shape index (κ1) is 41.5.